The van der Waals surface area contributed by atoms with Gasteiger partial charge in [0.25, 0.3) is 0 Å². The minimum absolute atomic E-state index is 0.0950. The Hall–Kier alpha value is -1.69. The summed E-state index contributed by atoms with van der Waals surface area (Å²) in [6.45, 7) is -1.02. The maximum Gasteiger partial charge on any atom is 0.387 e. The fourth-order valence-electron chi connectivity index (χ4n) is 1.54. The first-order chi connectivity index (χ1) is 8.08. The quantitative estimate of drug-likeness (QED) is 0.852. The molecule has 6 heteroatoms. The lowest BCUT2D eigenvalue weighted by atomic mass is 10.3. The molecular weight excluding hydrogens is 246 g/mol. The molecule has 1 heterocycles. The molecule has 1 N–H and O–H groups in total. The van der Waals surface area contributed by atoms with Gasteiger partial charge in [-0.1, -0.05) is 12.1 Å². The Balaban J connectivity index is 2.51. The van der Waals surface area contributed by atoms with Crippen LogP contribution in [0.15, 0.2) is 30.5 Å². The first kappa shape index (κ1) is 11.8. The van der Waals surface area contributed by atoms with Gasteiger partial charge in [-0.25, -0.2) is 0 Å². The molecule has 17 heavy (non-hydrogen) atoms. The van der Waals surface area contributed by atoms with Crippen molar-refractivity contribution >= 4 is 12.2 Å². The van der Waals surface area contributed by atoms with E-state index in [2.05, 4.69) is 9.72 Å². The van der Waals surface area contributed by atoms with Gasteiger partial charge in [0.1, 0.15) is 5.75 Å². The second-order valence-corrected chi connectivity index (χ2v) is 3.85. The minimum Gasteiger partial charge on any atom is -0.433 e. The van der Waals surface area contributed by atoms with E-state index in [-0.39, 0.29) is 5.75 Å². The topological polar surface area (TPSA) is 29.9 Å². The normalized spacial score (nSPS) is 10.8. The van der Waals surface area contributed by atoms with Crippen molar-refractivity contribution in [2.45, 2.75) is 13.5 Å². The fourth-order valence-corrected chi connectivity index (χ4v) is 1.86. The lowest BCUT2D eigenvalue weighted by Crippen LogP contribution is -2.05. The van der Waals surface area contributed by atoms with E-state index < -0.39 is 6.61 Å². The second kappa shape index (κ2) is 4.67. The van der Waals surface area contributed by atoms with Gasteiger partial charge in [0.05, 0.1) is 5.69 Å². The number of rotatable bonds is 3. The zero-order chi connectivity index (χ0) is 12.4. The van der Waals surface area contributed by atoms with E-state index in [1.807, 2.05) is 6.92 Å². The van der Waals surface area contributed by atoms with E-state index in [1.165, 1.54) is 6.07 Å². The summed E-state index contributed by atoms with van der Waals surface area (Å²) in [4.78, 5) is 2.92. The van der Waals surface area contributed by atoms with Crippen molar-refractivity contribution in [2.24, 2.45) is 0 Å². The van der Waals surface area contributed by atoms with Gasteiger partial charge >= 0.3 is 6.61 Å². The van der Waals surface area contributed by atoms with Crippen molar-refractivity contribution in [3.63, 3.8) is 0 Å². The highest BCUT2D eigenvalue weighted by Crippen LogP contribution is 2.24. The molecule has 0 spiro atoms. The highest BCUT2D eigenvalue weighted by atomic mass is 32.1. The van der Waals surface area contributed by atoms with Crippen molar-refractivity contribution in [1.29, 1.82) is 0 Å². The molecule has 0 bridgehead atoms. The Kier molecular flexibility index (Phi) is 3.23. The summed E-state index contributed by atoms with van der Waals surface area (Å²) < 4.78 is 31.0. The van der Waals surface area contributed by atoms with Crippen LogP contribution in [0.2, 0.25) is 0 Å². The van der Waals surface area contributed by atoms with Crippen LogP contribution in [-0.2, 0) is 0 Å². The number of nitrogens with zero attached hydrogens (tertiary/aromatic N) is 1. The van der Waals surface area contributed by atoms with Crippen molar-refractivity contribution in [2.75, 3.05) is 0 Å². The molecule has 0 aliphatic heterocycles. The molecule has 1 aromatic heterocycles. The van der Waals surface area contributed by atoms with Crippen molar-refractivity contribution in [3.05, 3.63) is 40.9 Å². The second-order valence-electron chi connectivity index (χ2n) is 3.46. The number of hydrogen-bond donors (Lipinski definition) is 1. The highest BCUT2D eigenvalue weighted by molar-refractivity contribution is 7.71. The first-order valence-electron chi connectivity index (χ1n) is 4.90. The Morgan fingerprint density at radius 2 is 2.06 bits per heavy atom. The van der Waals surface area contributed by atoms with E-state index in [1.54, 1.807) is 29.0 Å². The molecule has 3 nitrogen and oxygen atoms in total. The highest BCUT2D eigenvalue weighted by Gasteiger charge is 2.11. The molecule has 0 atom stereocenters. The summed E-state index contributed by atoms with van der Waals surface area (Å²) in [5.74, 6) is 0.0950. The third kappa shape index (κ3) is 2.52. The van der Waals surface area contributed by atoms with E-state index in [0.29, 0.717) is 10.5 Å². The number of halogens is 2. The number of alkyl halides is 2. The molecule has 90 valence electrons. The van der Waals surface area contributed by atoms with Gasteiger partial charge < -0.3 is 9.72 Å². The lowest BCUT2D eigenvalue weighted by Gasteiger charge is -2.10. The lowest BCUT2D eigenvalue weighted by molar-refractivity contribution is -0.0498. The summed E-state index contributed by atoms with van der Waals surface area (Å²) >= 11 is 5.09. The average Bonchev–Trinajstić information content (AvgIpc) is 2.58. The number of aromatic nitrogens is 2. The van der Waals surface area contributed by atoms with E-state index in [9.17, 15) is 8.78 Å². The summed E-state index contributed by atoms with van der Waals surface area (Å²) in [5.41, 5.74) is 1.34. The molecule has 0 amide bonds. The SMILES string of the molecule is Cc1cn(-c2ccccc2OC(F)F)c(=S)[nH]1. The van der Waals surface area contributed by atoms with Gasteiger partial charge in [-0.15, -0.1) is 0 Å². The number of benzene rings is 1. The minimum atomic E-state index is -2.86. The predicted molar refractivity (Wildman–Crippen MR) is 62.3 cm³/mol. The zero-order valence-corrected chi connectivity index (χ0v) is 9.80. The number of imidazole rings is 1. The van der Waals surface area contributed by atoms with Crippen LogP contribution in [0.25, 0.3) is 5.69 Å². The van der Waals surface area contributed by atoms with Crippen LogP contribution in [0.4, 0.5) is 8.78 Å². The van der Waals surface area contributed by atoms with Gasteiger partial charge in [0, 0.05) is 11.9 Å². The van der Waals surface area contributed by atoms with Crippen LogP contribution in [0.3, 0.4) is 0 Å². The molecule has 0 radical (unpaired) electrons. The van der Waals surface area contributed by atoms with Crippen LogP contribution in [0.1, 0.15) is 5.69 Å². The molecular formula is C11H10F2N2OS. The van der Waals surface area contributed by atoms with Crippen molar-refractivity contribution in [3.8, 4) is 11.4 Å². The maximum atomic E-state index is 12.3. The van der Waals surface area contributed by atoms with Crippen molar-refractivity contribution < 1.29 is 13.5 Å². The standard InChI is InChI=1S/C11H10F2N2OS/c1-7-6-15(11(17)14-7)8-4-2-3-5-9(8)16-10(12)13/h2-6,10H,1H3,(H,14,17). The molecule has 0 saturated heterocycles. The van der Waals surface area contributed by atoms with Crippen LogP contribution < -0.4 is 4.74 Å². The van der Waals surface area contributed by atoms with Gasteiger partial charge in [-0.3, -0.25) is 4.57 Å². The number of hydrogen-bond acceptors (Lipinski definition) is 2. The summed E-state index contributed by atoms with van der Waals surface area (Å²) in [7, 11) is 0. The molecule has 0 saturated carbocycles. The van der Waals surface area contributed by atoms with Gasteiger partial charge in [-0.05, 0) is 31.3 Å². The first-order valence-corrected chi connectivity index (χ1v) is 5.31. The fraction of sp³-hybridized carbons (Fsp3) is 0.182. The number of H-pyrrole nitrogens is 1. The van der Waals surface area contributed by atoms with Gasteiger partial charge in [0.15, 0.2) is 4.77 Å². The summed E-state index contributed by atoms with van der Waals surface area (Å²) in [6, 6.07) is 6.51. The van der Waals surface area contributed by atoms with Crippen LogP contribution in [0.5, 0.6) is 5.75 Å². The Morgan fingerprint density at radius 1 is 1.35 bits per heavy atom. The number of nitrogens with one attached hydrogen (secondary N) is 1. The number of aromatic amines is 1. The van der Waals surface area contributed by atoms with E-state index >= 15 is 0 Å². The summed E-state index contributed by atoms with van der Waals surface area (Å²) in [5, 5.41) is 0. The molecule has 0 aliphatic rings. The molecule has 2 rings (SSSR count). The average molecular weight is 256 g/mol. The molecule has 0 aliphatic carbocycles. The van der Waals surface area contributed by atoms with Crippen LogP contribution in [0, 0.1) is 11.7 Å². The third-order valence-electron chi connectivity index (χ3n) is 2.19. The molecule has 1 aromatic carbocycles. The predicted octanol–water partition coefficient (Wildman–Crippen LogP) is 3.44. The number of ether oxygens (including phenoxy) is 1. The van der Waals surface area contributed by atoms with Gasteiger partial charge in [0.2, 0.25) is 0 Å². The maximum absolute atomic E-state index is 12.3. The summed E-state index contributed by atoms with van der Waals surface area (Å²) in [6.07, 6.45) is 1.73. The van der Waals surface area contributed by atoms with E-state index in [0.717, 1.165) is 5.69 Å². The van der Waals surface area contributed by atoms with E-state index in [4.69, 9.17) is 12.2 Å². The Morgan fingerprint density at radius 3 is 2.65 bits per heavy atom. The number of aryl methyl sites for hydroxylation is 1. The Labute approximate surface area is 102 Å². The molecule has 0 fully saturated rings. The zero-order valence-electron chi connectivity index (χ0n) is 8.98. The molecule has 0 unspecified atom stereocenters. The smallest absolute Gasteiger partial charge is 0.387 e. The monoisotopic (exact) mass is 256 g/mol. The van der Waals surface area contributed by atoms with Crippen LogP contribution in [-0.4, -0.2) is 16.2 Å². The number of para-hydroxylation sites is 2. The van der Waals surface area contributed by atoms with Crippen molar-refractivity contribution in [1.82, 2.24) is 9.55 Å². The van der Waals surface area contributed by atoms with Gasteiger partial charge in [-0.2, -0.15) is 8.78 Å². The third-order valence-corrected chi connectivity index (χ3v) is 2.49. The van der Waals surface area contributed by atoms with Crippen LogP contribution >= 0.6 is 12.2 Å². The Bertz CT molecular complexity index is 577. The largest absolute Gasteiger partial charge is 0.433 e. The molecule has 2 aromatic rings.